The number of rotatable bonds is 4. The Balaban J connectivity index is 1.57. The molecular weight excluding hydrogens is 418 g/mol. The van der Waals surface area contributed by atoms with Crippen molar-refractivity contribution in [2.45, 2.75) is 88.6 Å². The number of amides is 1. The summed E-state index contributed by atoms with van der Waals surface area (Å²) in [6.45, 7) is 13.0. The minimum atomic E-state index is -0.737. The van der Waals surface area contributed by atoms with Crippen molar-refractivity contribution in [1.29, 1.82) is 0 Å². The van der Waals surface area contributed by atoms with Gasteiger partial charge in [-0.3, -0.25) is 4.79 Å². The minimum Gasteiger partial charge on any atom is -0.343 e. The van der Waals surface area contributed by atoms with Crippen LogP contribution in [0, 0.1) is 11.8 Å². The first-order chi connectivity index (χ1) is 12.6. The highest BCUT2D eigenvalue weighted by atomic mass is 79.9. The van der Waals surface area contributed by atoms with E-state index in [-0.39, 0.29) is 47.0 Å². The molecule has 3 heterocycles. The molecule has 4 fully saturated rings. The lowest BCUT2D eigenvalue weighted by Crippen LogP contribution is -2.56. The van der Waals surface area contributed by atoms with Crippen LogP contribution >= 0.6 is 15.9 Å². The van der Waals surface area contributed by atoms with Gasteiger partial charge < -0.3 is 28.6 Å². The fraction of sp³-hybridized carbons (Fsp3) is 0.947. The third-order valence-corrected chi connectivity index (χ3v) is 7.09. The van der Waals surface area contributed by atoms with E-state index in [4.69, 9.17) is 23.7 Å². The van der Waals surface area contributed by atoms with E-state index in [1.807, 2.05) is 46.4 Å². The van der Waals surface area contributed by atoms with Crippen molar-refractivity contribution in [2.75, 3.05) is 13.1 Å². The largest absolute Gasteiger partial charge is 0.343 e. The maximum absolute atomic E-state index is 12.9. The Labute approximate surface area is 169 Å². The SMILES string of the molecule is CCN(CC)C(=O)[C@@H]1[C@@H](Br)[C@H]1[C@H]1O[C@@H]2OC(C)(C)O[C@@H]2[C@H]2OC(C)(C)O[C@H]21. The molecule has 7 nitrogen and oxygen atoms in total. The van der Waals surface area contributed by atoms with E-state index in [1.165, 1.54) is 0 Å². The molecule has 0 aromatic heterocycles. The Hall–Kier alpha value is -0.250. The summed E-state index contributed by atoms with van der Waals surface area (Å²) >= 11 is 3.70. The second-order valence-corrected chi connectivity index (χ2v) is 9.75. The monoisotopic (exact) mass is 447 g/mol. The van der Waals surface area contributed by atoms with E-state index >= 15 is 0 Å². The van der Waals surface area contributed by atoms with Crippen molar-refractivity contribution >= 4 is 21.8 Å². The van der Waals surface area contributed by atoms with E-state index in [1.54, 1.807) is 0 Å². The molecule has 1 aliphatic carbocycles. The zero-order valence-corrected chi connectivity index (χ0v) is 18.4. The van der Waals surface area contributed by atoms with Gasteiger partial charge in [0.15, 0.2) is 17.9 Å². The molecule has 4 rings (SSSR count). The normalized spacial score (nSPS) is 46.6. The van der Waals surface area contributed by atoms with E-state index < -0.39 is 17.9 Å². The fourth-order valence-electron chi connectivity index (χ4n) is 4.68. The molecule has 8 heteroatoms. The number of alkyl halides is 1. The number of hydrogen-bond acceptors (Lipinski definition) is 6. The second-order valence-electron chi connectivity index (χ2n) is 8.69. The van der Waals surface area contributed by atoms with Gasteiger partial charge in [-0.25, -0.2) is 0 Å². The molecule has 0 aromatic rings. The van der Waals surface area contributed by atoms with Gasteiger partial charge in [0, 0.05) is 23.8 Å². The van der Waals surface area contributed by atoms with Crippen molar-refractivity contribution in [2.24, 2.45) is 11.8 Å². The summed E-state index contributed by atoms with van der Waals surface area (Å²) in [4.78, 5) is 14.8. The number of nitrogens with zero attached hydrogens (tertiary/aromatic N) is 1. The number of carbonyl (C=O) groups excluding carboxylic acids is 1. The Bertz CT molecular complexity index is 609. The van der Waals surface area contributed by atoms with Gasteiger partial charge in [-0.1, -0.05) is 15.9 Å². The lowest BCUT2D eigenvalue weighted by molar-refractivity contribution is -0.239. The average molecular weight is 448 g/mol. The summed E-state index contributed by atoms with van der Waals surface area (Å²) in [7, 11) is 0. The number of hydrogen-bond donors (Lipinski definition) is 0. The summed E-state index contributed by atoms with van der Waals surface area (Å²) in [5.74, 6) is -1.39. The van der Waals surface area contributed by atoms with E-state index in [0.29, 0.717) is 13.1 Å². The Morgan fingerprint density at radius 2 is 1.41 bits per heavy atom. The molecule has 8 atom stereocenters. The third-order valence-electron chi connectivity index (χ3n) is 5.91. The highest BCUT2D eigenvalue weighted by molar-refractivity contribution is 9.09. The highest BCUT2D eigenvalue weighted by Crippen LogP contribution is 2.55. The maximum Gasteiger partial charge on any atom is 0.227 e. The third kappa shape index (κ3) is 3.36. The summed E-state index contributed by atoms with van der Waals surface area (Å²) in [5, 5.41) is 0. The maximum atomic E-state index is 12.9. The Morgan fingerprint density at radius 3 is 2.00 bits per heavy atom. The van der Waals surface area contributed by atoms with Crippen molar-refractivity contribution in [1.82, 2.24) is 4.90 Å². The summed E-state index contributed by atoms with van der Waals surface area (Å²) in [6.07, 6.45) is -1.72. The second kappa shape index (κ2) is 6.64. The predicted molar refractivity (Wildman–Crippen MR) is 100 cm³/mol. The summed E-state index contributed by atoms with van der Waals surface area (Å²) in [5.41, 5.74) is 0. The summed E-state index contributed by atoms with van der Waals surface area (Å²) in [6, 6.07) is 0. The molecule has 3 saturated heterocycles. The standard InChI is InChI=1S/C19H30BrNO6/c1-7-21(8-2)16(22)10-9(11(10)20)12-13-14(25-18(3,4)24-13)15-17(23-12)27-19(5,6)26-15/h9-15,17H,7-8H2,1-6H3/t9-,10-,11-,12+,13-,14-,15+,17+/m0/s1. The molecule has 154 valence electrons. The topological polar surface area (TPSA) is 66.5 Å². The van der Waals surface area contributed by atoms with Crippen LogP contribution in [0.1, 0.15) is 41.5 Å². The van der Waals surface area contributed by atoms with Crippen LogP contribution < -0.4 is 0 Å². The number of ether oxygens (including phenoxy) is 5. The number of halogens is 1. The molecule has 1 amide bonds. The van der Waals surface area contributed by atoms with Crippen LogP contribution in [0.3, 0.4) is 0 Å². The van der Waals surface area contributed by atoms with E-state index in [2.05, 4.69) is 15.9 Å². The fourth-order valence-corrected chi connectivity index (χ4v) is 5.71. The molecular formula is C19H30BrNO6. The molecule has 0 N–H and O–H groups in total. The van der Waals surface area contributed by atoms with Crippen LogP contribution in [0.2, 0.25) is 0 Å². The van der Waals surface area contributed by atoms with Gasteiger partial charge in [0.25, 0.3) is 0 Å². The molecule has 0 aromatic carbocycles. The highest BCUT2D eigenvalue weighted by Gasteiger charge is 2.68. The van der Waals surface area contributed by atoms with Crippen LogP contribution in [-0.2, 0) is 28.5 Å². The van der Waals surface area contributed by atoms with Crippen LogP contribution in [-0.4, -0.2) is 71.0 Å². The zero-order valence-electron chi connectivity index (χ0n) is 16.8. The molecule has 3 aliphatic heterocycles. The molecule has 1 saturated carbocycles. The Morgan fingerprint density at radius 1 is 0.889 bits per heavy atom. The molecule has 0 bridgehead atoms. The quantitative estimate of drug-likeness (QED) is 0.615. The molecule has 4 aliphatic rings. The van der Waals surface area contributed by atoms with Gasteiger partial charge in [-0.2, -0.15) is 0 Å². The first-order valence-corrected chi connectivity index (χ1v) is 10.8. The molecule has 0 radical (unpaired) electrons. The molecule has 0 unspecified atom stereocenters. The number of fused-ring (bicyclic) bond motifs is 3. The van der Waals surface area contributed by atoms with Crippen molar-refractivity contribution in [3.05, 3.63) is 0 Å². The van der Waals surface area contributed by atoms with Gasteiger partial charge in [0.1, 0.15) is 18.3 Å². The van der Waals surface area contributed by atoms with Gasteiger partial charge in [-0.15, -0.1) is 0 Å². The first kappa shape index (κ1) is 20.0. The first-order valence-electron chi connectivity index (χ1n) is 9.88. The Kier molecular flexibility index (Phi) is 4.93. The van der Waals surface area contributed by atoms with Crippen LogP contribution in [0.25, 0.3) is 0 Å². The van der Waals surface area contributed by atoms with Crippen LogP contribution in [0.15, 0.2) is 0 Å². The average Bonchev–Trinajstić information content (AvgIpc) is 2.94. The van der Waals surface area contributed by atoms with E-state index in [9.17, 15) is 4.79 Å². The van der Waals surface area contributed by atoms with Crippen molar-refractivity contribution in [3.8, 4) is 0 Å². The predicted octanol–water partition coefficient (Wildman–Crippen LogP) is 2.26. The lowest BCUT2D eigenvalue weighted by atomic mass is 9.95. The van der Waals surface area contributed by atoms with Gasteiger partial charge in [0.05, 0.1) is 12.0 Å². The van der Waals surface area contributed by atoms with E-state index in [0.717, 1.165) is 0 Å². The molecule has 27 heavy (non-hydrogen) atoms. The smallest absolute Gasteiger partial charge is 0.227 e. The minimum absolute atomic E-state index is 0.0244. The van der Waals surface area contributed by atoms with Crippen molar-refractivity contribution < 1.29 is 28.5 Å². The van der Waals surface area contributed by atoms with Crippen LogP contribution in [0.5, 0.6) is 0 Å². The van der Waals surface area contributed by atoms with Gasteiger partial charge in [-0.05, 0) is 41.5 Å². The lowest BCUT2D eigenvalue weighted by Gasteiger charge is -2.37. The van der Waals surface area contributed by atoms with Gasteiger partial charge in [0.2, 0.25) is 5.91 Å². The summed E-state index contributed by atoms with van der Waals surface area (Å²) < 4.78 is 30.7. The van der Waals surface area contributed by atoms with Crippen LogP contribution in [0.4, 0.5) is 0 Å². The van der Waals surface area contributed by atoms with Gasteiger partial charge >= 0.3 is 0 Å². The zero-order chi connectivity index (χ0) is 19.7. The number of carbonyl (C=O) groups is 1. The van der Waals surface area contributed by atoms with Crippen molar-refractivity contribution in [3.63, 3.8) is 0 Å². The molecule has 0 spiro atoms.